The number of piperidine rings is 1. The van der Waals surface area contributed by atoms with E-state index in [9.17, 15) is 9.59 Å². The van der Waals surface area contributed by atoms with E-state index in [1.54, 1.807) is 17.0 Å². The summed E-state index contributed by atoms with van der Waals surface area (Å²) < 4.78 is 12.4. The van der Waals surface area contributed by atoms with E-state index in [2.05, 4.69) is 16.8 Å². The average Bonchev–Trinajstić information content (AvgIpc) is 3.19. The number of aryl methyl sites for hydroxylation is 1. The van der Waals surface area contributed by atoms with Crippen LogP contribution in [0.15, 0.2) is 12.4 Å². The molecule has 8 nitrogen and oxygen atoms in total. The van der Waals surface area contributed by atoms with E-state index in [0.717, 1.165) is 70.9 Å². The molecule has 2 fully saturated rings. The SMILES string of the molecule is CCCCOC(=O)Cn1ccnc1CCC(=O)N1CCC(N2CCOCC2)CC1. The van der Waals surface area contributed by atoms with Crippen molar-refractivity contribution >= 4 is 11.9 Å². The predicted octanol–water partition coefficient (Wildman–Crippen LogP) is 1.48. The number of nitrogens with zero attached hydrogens (tertiary/aromatic N) is 4. The van der Waals surface area contributed by atoms with Gasteiger partial charge in [0.25, 0.3) is 0 Å². The molecule has 162 valence electrons. The summed E-state index contributed by atoms with van der Waals surface area (Å²) in [5, 5.41) is 0. The minimum atomic E-state index is -0.255. The van der Waals surface area contributed by atoms with Crippen molar-refractivity contribution in [1.82, 2.24) is 19.4 Å². The molecule has 1 aromatic heterocycles. The predicted molar refractivity (Wildman–Crippen MR) is 108 cm³/mol. The van der Waals surface area contributed by atoms with Crippen LogP contribution in [0.4, 0.5) is 0 Å². The second-order valence-electron chi connectivity index (χ2n) is 7.81. The molecule has 0 aromatic carbocycles. The van der Waals surface area contributed by atoms with Gasteiger partial charge >= 0.3 is 5.97 Å². The second kappa shape index (κ2) is 11.3. The van der Waals surface area contributed by atoms with Crippen LogP contribution < -0.4 is 0 Å². The van der Waals surface area contributed by atoms with Crippen molar-refractivity contribution in [3.05, 3.63) is 18.2 Å². The number of hydrogen-bond donors (Lipinski definition) is 0. The molecule has 0 N–H and O–H groups in total. The highest BCUT2D eigenvalue weighted by molar-refractivity contribution is 5.76. The third-order valence-corrected chi connectivity index (χ3v) is 5.80. The normalized spacial score (nSPS) is 18.7. The van der Waals surface area contributed by atoms with E-state index in [4.69, 9.17) is 9.47 Å². The van der Waals surface area contributed by atoms with Gasteiger partial charge in [-0.2, -0.15) is 0 Å². The molecule has 3 rings (SSSR count). The van der Waals surface area contributed by atoms with Gasteiger partial charge in [0.2, 0.25) is 5.91 Å². The lowest BCUT2D eigenvalue weighted by Crippen LogP contribution is -2.50. The summed E-state index contributed by atoms with van der Waals surface area (Å²) in [5.41, 5.74) is 0. The summed E-state index contributed by atoms with van der Waals surface area (Å²) >= 11 is 0. The lowest BCUT2D eigenvalue weighted by molar-refractivity contribution is -0.144. The van der Waals surface area contributed by atoms with Crippen LogP contribution in [0, 0.1) is 0 Å². The van der Waals surface area contributed by atoms with Crippen molar-refractivity contribution in [3.63, 3.8) is 0 Å². The Morgan fingerprint density at radius 2 is 1.97 bits per heavy atom. The zero-order chi connectivity index (χ0) is 20.5. The number of morpholine rings is 1. The van der Waals surface area contributed by atoms with Crippen LogP contribution in [-0.4, -0.2) is 83.3 Å². The number of esters is 1. The van der Waals surface area contributed by atoms with Crippen LogP contribution >= 0.6 is 0 Å². The lowest BCUT2D eigenvalue weighted by Gasteiger charge is -2.40. The first kappa shape index (κ1) is 21.8. The fourth-order valence-electron chi connectivity index (χ4n) is 4.03. The van der Waals surface area contributed by atoms with E-state index < -0.39 is 0 Å². The van der Waals surface area contributed by atoms with Gasteiger partial charge in [-0.05, 0) is 19.3 Å². The van der Waals surface area contributed by atoms with Crippen molar-refractivity contribution in [3.8, 4) is 0 Å². The maximum absolute atomic E-state index is 12.6. The Kier molecular flexibility index (Phi) is 8.49. The summed E-state index contributed by atoms with van der Waals surface area (Å²) in [6.45, 7) is 7.94. The Bertz CT molecular complexity index is 649. The lowest BCUT2D eigenvalue weighted by atomic mass is 10.0. The molecule has 3 heterocycles. The van der Waals surface area contributed by atoms with E-state index in [-0.39, 0.29) is 18.4 Å². The van der Waals surface area contributed by atoms with Gasteiger partial charge in [-0.15, -0.1) is 0 Å². The molecule has 0 saturated carbocycles. The summed E-state index contributed by atoms with van der Waals surface area (Å²) in [4.78, 5) is 33.4. The molecular weight excluding hydrogens is 372 g/mol. The summed E-state index contributed by atoms with van der Waals surface area (Å²) in [7, 11) is 0. The van der Waals surface area contributed by atoms with E-state index in [1.165, 1.54) is 0 Å². The van der Waals surface area contributed by atoms with Crippen LogP contribution in [0.5, 0.6) is 0 Å². The zero-order valence-electron chi connectivity index (χ0n) is 17.6. The fourth-order valence-corrected chi connectivity index (χ4v) is 4.03. The molecule has 0 bridgehead atoms. The number of ether oxygens (including phenoxy) is 2. The Hall–Kier alpha value is -1.93. The molecule has 2 aliphatic heterocycles. The Balaban J connectivity index is 1.40. The van der Waals surface area contributed by atoms with E-state index >= 15 is 0 Å². The highest BCUT2D eigenvalue weighted by Crippen LogP contribution is 2.18. The van der Waals surface area contributed by atoms with Crippen molar-refractivity contribution < 1.29 is 19.1 Å². The highest BCUT2D eigenvalue weighted by atomic mass is 16.5. The molecule has 0 atom stereocenters. The van der Waals surface area contributed by atoms with E-state index in [1.807, 2.05) is 4.90 Å². The summed E-state index contributed by atoms with van der Waals surface area (Å²) in [6, 6.07) is 0.570. The first-order valence-electron chi connectivity index (χ1n) is 10.9. The number of carbonyl (C=O) groups excluding carboxylic acids is 2. The Morgan fingerprint density at radius 1 is 1.21 bits per heavy atom. The molecule has 1 aromatic rings. The zero-order valence-corrected chi connectivity index (χ0v) is 17.6. The van der Waals surface area contributed by atoms with E-state index in [0.29, 0.717) is 25.5 Å². The number of unbranched alkanes of at least 4 members (excludes halogenated alkanes) is 1. The molecule has 29 heavy (non-hydrogen) atoms. The standard InChI is InChI=1S/C21H34N4O4/c1-2-3-14-29-21(27)17-25-11-8-22-19(25)4-5-20(26)24-9-6-18(7-10-24)23-12-15-28-16-13-23/h8,11,18H,2-7,9-10,12-17H2,1H3. The van der Waals surface area contributed by atoms with Gasteiger partial charge < -0.3 is 18.9 Å². The molecule has 1 amide bonds. The fraction of sp³-hybridized carbons (Fsp3) is 0.762. The van der Waals surface area contributed by atoms with Crippen molar-refractivity contribution in [1.29, 1.82) is 0 Å². The number of amides is 1. The Morgan fingerprint density at radius 3 is 2.69 bits per heavy atom. The van der Waals surface area contributed by atoms with Crippen molar-refractivity contribution in [2.24, 2.45) is 0 Å². The average molecular weight is 407 g/mol. The maximum Gasteiger partial charge on any atom is 0.325 e. The Labute approximate surface area is 173 Å². The summed E-state index contributed by atoms with van der Waals surface area (Å²) in [6.07, 6.45) is 8.34. The molecular formula is C21H34N4O4. The number of imidazole rings is 1. The number of hydrogen-bond acceptors (Lipinski definition) is 6. The van der Waals surface area contributed by atoms with Crippen molar-refractivity contribution in [2.75, 3.05) is 46.0 Å². The largest absolute Gasteiger partial charge is 0.464 e. The number of aromatic nitrogens is 2. The van der Waals surface area contributed by atoms with Crippen LogP contribution in [0.3, 0.4) is 0 Å². The smallest absolute Gasteiger partial charge is 0.325 e. The van der Waals surface area contributed by atoms with Crippen LogP contribution in [0.25, 0.3) is 0 Å². The maximum atomic E-state index is 12.6. The minimum absolute atomic E-state index is 0.151. The molecule has 0 spiro atoms. The monoisotopic (exact) mass is 406 g/mol. The molecule has 0 radical (unpaired) electrons. The third kappa shape index (κ3) is 6.54. The van der Waals surface area contributed by atoms with Gasteiger partial charge in [0.1, 0.15) is 12.4 Å². The molecule has 0 aliphatic carbocycles. The molecule has 8 heteroatoms. The van der Waals surface area contributed by atoms with Crippen LogP contribution in [0.1, 0.15) is 44.9 Å². The van der Waals surface area contributed by atoms with Gasteiger partial charge in [0.15, 0.2) is 0 Å². The minimum Gasteiger partial charge on any atom is -0.464 e. The molecule has 2 saturated heterocycles. The quantitative estimate of drug-likeness (QED) is 0.457. The first-order chi connectivity index (χ1) is 14.2. The first-order valence-corrected chi connectivity index (χ1v) is 10.9. The van der Waals surface area contributed by atoms with Gasteiger partial charge in [-0.25, -0.2) is 4.98 Å². The van der Waals surface area contributed by atoms with Crippen molar-refractivity contribution in [2.45, 2.75) is 58.0 Å². The number of likely N-dealkylation sites (tertiary alicyclic amines) is 1. The van der Waals surface area contributed by atoms with Gasteiger partial charge in [0.05, 0.1) is 19.8 Å². The topological polar surface area (TPSA) is 76.9 Å². The number of rotatable bonds is 9. The highest BCUT2D eigenvalue weighted by Gasteiger charge is 2.27. The van der Waals surface area contributed by atoms with Gasteiger partial charge in [-0.3, -0.25) is 14.5 Å². The summed E-state index contributed by atoms with van der Waals surface area (Å²) in [5.74, 6) is 0.675. The molecule has 2 aliphatic rings. The third-order valence-electron chi connectivity index (χ3n) is 5.80. The van der Waals surface area contributed by atoms with Gasteiger partial charge in [-0.1, -0.05) is 13.3 Å². The second-order valence-corrected chi connectivity index (χ2v) is 7.81. The van der Waals surface area contributed by atoms with Gasteiger partial charge in [0, 0.05) is 57.5 Å². The van der Waals surface area contributed by atoms with Crippen LogP contribution in [-0.2, 0) is 32.0 Å². The number of carbonyl (C=O) groups is 2. The van der Waals surface area contributed by atoms with Crippen LogP contribution in [0.2, 0.25) is 0 Å². The molecule has 0 unspecified atom stereocenters.